The lowest BCUT2D eigenvalue weighted by Gasteiger charge is -2.28. The number of aliphatic hydroxyl groups excluding tert-OH is 1. The quantitative estimate of drug-likeness (QED) is 0.120. The molecule has 6 nitrogen and oxygen atoms in total. The van der Waals surface area contributed by atoms with E-state index in [1.165, 1.54) is 38.5 Å². The molecule has 0 aliphatic heterocycles. The number of nitrogens with zero attached hydrogens (tertiary/aromatic N) is 1. The Labute approximate surface area is 215 Å². The number of aliphatic carboxylic acids is 1. The monoisotopic (exact) mass is 497 g/mol. The number of carboxylic acid groups (broad SMARTS) is 1. The molecule has 1 aliphatic carbocycles. The number of carboxylic acids is 1. The summed E-state index contributed by atoms with van der Waals surface area (Å²) in [7, 11) is 0. The first-order valence-corrected chi connectivity index (χ1v) is 14.8. The zero-order valence-electron chi connectivity index (χ0n) is 22.7. The molecular weight excluding hydrogens is 442 g/mol. The first-order valence-electron chi connectivity index (χ1n) is 14.8. The van der Waals surface area contributed by atoms with Crippen LogP contribution in [0.1, 0.15) is 135 Å². The molecule has 0 bridgehead atoms. The maximum Gasteiger partial charge on any atom is 0.306 e. The molecule has 0 radical (unpaired) electrons. The molecule has 0 atom stereocenters. The molecule has 0 saturated heterocycles. The van der Waals surface area contributed by atoms with Crippen LogP contribution in [0.4, 0.5) is 0 Å². The van der Waals surface area contributed by atoms with Gasteiger partial charge in [0.2, 0.25) is 0 Å². The van der Waals surface area contributed by atoms with Gasteiger partial charge in [0.1, 0.15) is 6.10 Å². The lowest BCUT2D eigenvalue weighted by molar-refractivity contribution is -0.151. The molecule has 35 heavy (non-hydrogen) atoms. The van der Waals surface area contributed by atoms with Crippen LogP contribution in [0.5, 0.6) is 0 Å². The van der Waals surface area contributed by atoms with Crippen molar-refractivity contribution >= 4 is 11.9 Å². The van der Waals surface area contributed by atoms with E-state index in [9.17, 15) is 14.7 Å². The standard InChI is InChI=1S/C29H55NO5/c1-2-3-10-15-26-18-20-27(21-19-26)35-29(34)17-12-7-5-9-14-23-30(24-25-31)22-13-8-4-6-11-16-28(32)33/h26-27,31H,2-25H2,1H3,(H,32,33). The average molecular weight is 498 g/mol. The average Bonchev–Trinajstić information content (AvgIpc) is 2.83. The number of esters is 1. The van der Waals surface area contributed by atoms with Crippen LogP contribution in [0.3, 0.4) is 0 Å². The smallest absolute Gasteiger partial charge is 0.306 e. The molecule has 0 aromatic carbocycles. The van der Waals surface area contributed by atoms with Gasteiger partial charge in [0.25, 0.3) is 0 Å². The molecule has 0 amide bonds. The van der Waals surface area contributed by atoms with Gasteiger partial charge in [-0.15, -0.1) is 0 Å². The van der Waals surface area contributed by atoms with Gasteiger partial charge in [-0.3, -0.25) is 9.59 Å². The second-order valence-corrected chi connectivity index (χ2v) is 10.6. The fourth-order valence-electron chi connectivity index (χ4n) is 5.22. The summed E-state index contributed by atoms with van der Waals surface area (Å²) in [6.07, 6.45) is 21.4. The van der Waals surface area contributed by atoms with Crippen molar-refractivity contribution in [1.82, 2.24) is 4.90 Å². The van der Waals surface area contributed by atoms with E-state index in [0.717, 1.165) is 103 Å². The third-order valence-corrected chi connectivity index (χ3v) is 7.44. The lowest BCUT2D eigenvalue weighted by atomic mass is 9.84. The van der Waals surface area contributed by atoms with Gasteiger partial charge < -0.3 is 19.8 Å². The third kappa shape index (κ3) is 18.7. The summed E-state index contributed by atoms with van der Waals surface area (Å²) in [5.74, 6) is 0.140. The molecule has 2 N–H and O–H groups in total. The molecule has 1 fully saturated rings. The van der Waals surface area contributed by atoms with Gasteiger partial charge in [-0.2, -0.15) is 0 Å². The van der Waals surface area contributed by atoms with Crippen LogP contribution in [0.25, 0.3) is 0 Å². The van der Waals surface area contributed by atoms with Crippen LogP contribution >= 0.6 is 0 Å². The predicted octanol–water partition coefficient (Wildman–Crippen LogP) is 6.73. The maximum absolute atomic E-state index is 12.2. The second kappa shape index (κ2) is 22.1. The van der Waals surface area contributed by atoms with Crippen LogP contribution in [0.15, 0.2) is 0 Å². The predicted molar refractivity (Wildman–Crippen MR) is 143 cm³/mol. The molecule has 1 saturated carbocycles. The van der Waals surface area contributed by atoms with Gasteiger partial charge >= 0.3 is 11.9 Å². The minimum Gasteiger partial charge on any atom is -0.481 e. The number of carbonyl (C=O) groups is 2. The Morgan fingerprint density at radius 3 is 1.89 bits per heavy atom. The highest BCUT2D eigenvalue weighted by atomic mass is 16.5. The van der Waals surface area contributed by atoms with Gasteiger partial charge in [0.05, 0.1) is 6.61 Å². The number of carbonyl (C=O) groups excluding carboxylic acids is 1. The molecule has 1 aliphatic rings. The van der Waals surface area contributed by atoms with E-state index < -0.39 is 5.97 Å². The number of hydrogen-bond acceptors (Lipinski definition) is 5. The van der Waals surface area contributed by atoms with Crippen LogP contribution in [0, 0.1) is 5.92 Å². The number of unbranched alkanes of at least 4 members (excludes halogenated alkanes) is 10. The van der Waals surface area contributed by atoms with Gasteiger partial charge in [-0.05, 0) is 70.4 Å². The normalized spacial score (nSPS) is 18.1. The summed E-state index contributed by atoms with van der Waals surface area (Å²) in [5, 5.41) is 18.0. The van der Waals surface area contributed by atoms with Crippen molar-refractivity contribution in [3.63, 3.8) is 0 Å². The first kappa shape index (κ1) is 31.9. The molecule has 0 heterocycles. The maximum atomic E-state index is 12.2. The highest BCUT2D eigenvalue weighted by Gasteiger charge is 2.23. The van der Waals surface area contributed by atoms with Crippen molar-refractivity contribution in [2.24, 2.45) is 5.92 Å². The Hall–Kier alpha value is -1.14. The van der Waals surface area contributed by atoms with Gasteiger partial charge in [0.15, 0.2) is 0 Å². The number of hydrogen-bond donors (Lipinski definition) is 2. The molecule has 0 unspecified atom stereocenters. The number of ether oxygens (including phenoxy) is 1. The van der Waals surface area contributed by atoms with Crippen molar-refractivity contribution in [2.75, 3.05) is 26.2 Å². The van der Waals surface area contributed by atoms with Crippen LogP contribution in [-0.2, 0) is 14.3 Å². The second-order valence-electron chi connectivity index (χ2n) is 10.6. The third-order valence-electron chi connectivity index (χ3n) is 7.44. The van der Waals surface area contributed by atoms with E-state index in [1.807, 2.05) is 0 Å². The summed E-state index contributed by atoms with van der Waals surface area (Å²) >= 11 is 0. The molecule has 0 aromatic heterocycles. The molecule has 0 spiro atoms. The molecule has 206 valence electrons. The van der Waals surface area contributed by atoms with Crippen molar-refractivity contribution in [1.29, 1.82) is 0 Å². The van der Waals surface area contributed by atoms with Crippen LogP contribution in [0.2, 0.25) is 0 Å². The lowest BCUT2D eigenvalue weighted by Crippen LogP contribution is -2.29. The molecule has 1 rings (SSSR count). The summed E-state index contributed by atoms with van der Waals surface area (Å²) in [6.45, 7) is 5.20. The Bertz CT molecular complexity index is 519. The van der Waals surface area contributed by atoms with Gasteiger partial charge in [-0.1, -0.05) is 71.1 Å². The minimum absolute atomic E-state index is 0.00323. The topological polar surface area (TPSA) is 87.1 Å². The van der Waals surface area contributed by atoms with Gasteiger partial charge in [-0.25, -0.2) is 0 Å². The van der Waals surface area contributed by atoms with Crippen LogP contribution in [-0.4, -0.2) is 59.4 Å². The van der Waals surface area contributed by atoms with E-state index >= 15 is 0 Å². The highest BCUT2D eigenvalue weighted by molar-refractivity contribution is 5.69. The largest absolute Gasteiger partial charge is 0.481 e. The highest BCUT2D eigenvalue weighted by Crippen LogP contribution is 2.30. The molecular formula is C29H55NO5. The summed E-state index contributed by atoms with van der Waals surface area (Å²) in [6, 6.07) is 0. The zero-order chi connectivity index (χ0) is 25.6. The van der Waals surface area contributed by atoms with E-state index in [-0.39, 0.29) is 25.1 Å². The number of rotatable bonds is 23. The Balaban J connectivity index is 1.97. The number of aliphatic hydroxyl groups is 1. The Morgan fingerprint density at radius 1 is 0.743 bits per heavy atom. The summed E-state index contributed by atoms with van der Waals surface area (Å²) in [4.78, 5) is 25.1. The fraction of sp³-hybridized carbons (Fsp3) is 0.931. The van der Waals surface area contributed by atoms with Crippen molar-refractivity contribution in [3.8, 4) is 0 Å². The van der Waals surface area contributed by atoms with Crippen molar-refractivity contribution < 1.29 is 24.5 Å². The van der Waals surface area contributed by atoms with Crippen molar-refractivity contribution in [3.05, 3.63) is 0 Å². The van der Waals surface area contributed by atoms with Crippen LogP contribution < -0.4 is 0 Å². The fourth-order valence-corrected chi connectivity index (χ4v) is 5.22. The Kier molecular flexibility index (Phi) is 20.1. The van der Waals surface area contributed by atoms with E-state index in [4.69, 9.17) is 9.84 Å². The van der Waals surface area contributed by atoms with E-state index in [2.05, 4.69) is 11.8 Å². The summed E-state index contributed by atoms with van der Waals surface area (Å²) in [5.41, 5.74) is 0. The zero-order valence-corrected chi connectivity index (χ0v) is 22.7. The van der Waals surface area contributed by atoms with Crippen molar-refractivity contribution in [2.45, 2.75) is 141 Å². The first-order chi connectivity index (χ1) is 17.0. The van der Waals surface area contributed by atoms with E-state index in [0.29, 0.717) is 6.42 Å². The van der Waals surface area contributed by atoms with Gasteiger partial charge in [0, 0.05) is 19.4 Å². The minimum atomic E-state index is -0.704. The Morgan fingerprint density at radius 2 is 1.31 bits per heavy atom. The summed E-state index contributed by atoms with van der Waals surface area (Å²) < 4.78 is 5.73. The van der Waals surface area contributed by atoms with E-state index in [1.54, 1.807) is 0 Å². The SMILES string of the molecule is CCCCCC1CCC(OC(=O)CCCCCCCN(CCO)CCCCCCCC(=O)O)CC1. The molecule has 6 heteroatoms. The molecule has 0 aromatic rings.